The molecule has 0 saturated heterocycles. The number of phenolic OH excluding ortho intramolecular Hbond substituents is 1. The zero-order valence-electron chi connectivity index (χ0n) is 13.6. The molecule has 1 aromatic heterocycles. The van der Waals surface area contributed by atoms with Gasteiger partial charge in [0.2, 0.25) is 0 Å². The van der Waals surface area contributed by atoms with Gasteiger partial charge in [0.1, 0.15) is 11.8 Å². The molecule has 0 bridgehead atoms. The minimum Gasteiger partial charge on any atom is -0.508 e. The second kappa shape index (κ2) is 4.73. The van der Waals surface area contributed by atoms with Crippen molar-refractivity contribution in [1.29, 1.82) is 5.26 Å². The van der Waals surface area contributed by atoms with Crippen LogP contribution >= 0.6 is 0 Å². The summed E-state index contributed by atoms with van der Waals surface area (Å²) in [6.07, 6.45) is 0. The van der Waals surface area contributed by atoms with Crippen LogP contribution in [-0.2, 0) is 10.8 Å². The molecule has 0 atom stereocenters. The second-order valence-corrected chi connectivity index (χ2v) is 7.56. The van der Waals surface area contributed by atoms with Crippen LogP contribution in [0.2, 0.25) is 0 Å². The minimum absolute atomic E-state index is 0.0955. The Balaban J connectivity index is 2.99. The summed E-state index contributed by atoms with van der Waals surface area (Å²) in [4.78, 5) is 4.70. The number of fused-ring (bicyclic) bond motifs is 1. The topological polar surface area (TPSA) is 56.9 Å². The van der Waals surface area contributed by atoms with E-state index in [4.69, 9.17) is 4.98 Å². The van der Waals surface area contributed by atoms with Crippen molar-refractivity contribution in [3.05, 3.63) is 35.0 Å². The predicted octanol–water partition coefficient (Wildman–Crippen LogP) is 4.41. The van der Waals surface area contributed by atoms with Crippen LogP contribution in [0, 0.1) is 11.3 Å². The van der Waals surface area contributed by atoms with Crippen LogP contribution in [0.1, 0.15) is 58.4 Å². The highest BCUT2D eigenvalue weighted by molar-refractivity contribution is 5.89. The van der Waals surface area contributed by atoms with Crippen molar-refractivity contribution < 1.29 is 5.11 Å². The van der Waals surface area contributed by atoms with Gasteiger partial charge < -0.3 is 5.11 Å². The molecule has 2 aromatic rings. The molecule has 0 aliphatic heterocycles. The Morgan fingerprint density at radius 2 is 1.62 bits per heavy atom. The number of phenols is 1. The molecule has 2 rings (SSSR count). The van der Waals surface area contributed by atoms with Gasteiger partial charge in [-0.2, -0.15) is 5.26 Å². The largest absolute Gasteiger partial charge is 0.508 e. The van der Waals surface area contributed by atoms with Gasteiger partial charge in [-0.25, -0.2) is 0 Å². The van der Waals surface area contributed by atoms with E-state index in [1.807, 2.05) is 0 Å². The quantitative estimate of drug-likeness (QED) is 0.778. The molecule has 3 heteroatoms. The molecule has 110 valence electrons. The molecule has 0 aliphatic carbocycles. The molecule has 0 aliphatic rings. The van der Waals surface area contributed by atoms with Crippen molar-refractivity contribution in [2.45, 2.75) is 52.4 Å². The third-order valence-corrected chi connectivity index (χ3v) is 3.60. The Hall–Kier alpha value is -2.08. The van der Waals surface area contributed by atoms with E-state index in [0.717, 1.165) is 16.6 Å². The van der Waals surface area contributed by atoms with E-state index < -0.39 is 0 Å². The Bertz CT molecular complexity index is 741. The molecule has 1 aromatic carbocycles. The van der Waals surface area contributed by atoms with Gasteiger partial charge in [-0.05, 0) is 29.2 Å². The lowest BCUT2D eigenvalue weighted by atomic mass is 9.81. The van der Waals surface area contributed by atoms with E-state index in [1.165, 1.54) is 6.07 Å². The van der Waals surface area contributed by atoms with Crippen LogP contribution in [0.25, 0.3) is 10.9 Å². The first-order valence-electron chi connectivity index (χ1n) is 7.13. The Morgan fingerprint density at radius 3 is 2.10 bits per heavy atom. The molecule has 0 fully saturated rings. The maximum atomic E-state index is 9.88. The fourth-order valence-corrected chi connectivity index (χ4v) is 2.40. The fourth-order valence-electron chi connectivity index (χ4n) is 2.40. The highest BCUT2D eigenvalue weighted by Gasteiger charge is 2.24. The number of aromatic hydroxyl groups is 1. The van der Waals surface area contributed by atoms with E-state index in [1.54, 1.807) is 6.07 Å². The van der Waals surface area contributed by atoms with Crippen molar-refractivity contribution in [3.8, 4) is 11.8 Å². The molecule has 0 saturated carbocycles. The predicted molar refractivity (Wildman–Crippen MR) is 85.5 cm³/mol. The van der Waals surface area contributed by atoms with E-state index in [2.05, 4.69) is 53.7 Å². The zero-order valence-corrected chi connectivity index (χ0v) is 13.6. The van der Waals surface area contributed by atoms with Crippen LogP contribution in [0.5, 0.6) is 5.75 Å². The third kappa shape index (κ3) is 2.85. The monoisotopic (exact) mass is 282 g/mol. The van der Waals surface area contributed by atoms with Gasteiger partial charge in [-0.1, -0.05) is 41.5 Å². The highest BCUT2D eigenvalue weighted by Crippen LogP contribution is 2.36. The summed E-state index contributed by atoms with van der Waals surface area (Å²) < 4.78 is 0. The molecule has 1 heterocycles. The van der Waals surface area contributed by atoms with Crippen molar-refractivity contribution in [1.82, 2.24) is 4.98 Å². The number of nitrogens with zero attached hydrogens (tertiary/aromatic N) is 2. The number of nitriles is 1. The van der Waals surface area contributed by atoms with Gasteiger partial charge in [0.15, 0.2) is 0 Å². The molecule has 0 amide bonds. The van der Waals surface area contributed by atoms with Crippen LogP contribution in [0.15, 0.2) is 18.2 Å². The lowest BCUT2D eigenvalue weighted by Crippen LogP contribution is -2.18. The lowest BCUT2D eigenvalue weighted by Gasteiger charge is -2.26. The number of benzene rings is 1. The summed E-state index contributed by atoms with van der Waals surface area (Å²) in [7, 11) is 0. The van der Waals surface area contributed by atoms with Crippen molar-refractivity contribution >= 4 is 10.9 Å². The van der Waals surface area contributed by atoms with Gasteiger partial charge in [0, 0.05) is 16.5 Å². The average Bonchev–Trinajstić information content (AvgIpc) is 2.34. The maximum absolute atomic E-state index is 9.88. The standard InChI is InChI=1S/C18H22N2O/c1-17(2,3)14-9-15(18(4,5)6)20-16-11(10-19)7-12(21)8-13(14)16/h7-9,21H,1-6H3. The van der Waals surface area contributed by atoms with Crippen molar-refractivity contribution in [2.75, 3.05) is 0 Å². The van der Waals surface area contributed by atoms with Gasteiger partial charge in [0.25, 0.3) is 0 Å². The number of rotatable bonds is 0. The molecular formula is C18H22N2O. The molecule has 21 heavy (non-hydrogen) atoms. The summed E-state index contributed by atoms with van der Waals surface area (Å²) in [5, 5.41) is 20.1. The SMILES string of the molecule is CC(C)(C)c1cc(C(C)(C)C)c2cc(O)cc(C#N)c2n1. The molecule has 0 radical (unpaired) electrons. The number of hydrogen-bond acceptors (Lipinski definition) is 3. The fraction of sp³-hybridized carbons (Fsp3) is 0.444. The molecule has 0 spiro atoms. The molecule has 3 nitrogen and oxygen atoms in total. The summed E-state index contributed by atoms with van der Waals surface area (Å²) in [5.41, 5.74) is 2.96. The first-order chi connectivity index (χ1) is 9.54. The number of hydrogen-bond donors (Lipinski definition) is 1. The smallest absolute Gasteiger partial charge is 0.117 e. The first kappa shape index (κ1) is 15.3. The van der Waals surface area contributed by atoms with Gasteiger partial charge in [0.05, 0.1) is 11.1 Å². The Labute approximate surface area is 126 Å². The van der Waals surface area contributed by atoms with Gasteiger partial charge in [-0.3, -0.25) is 4.98 Å². The zero-order chi connectivity index (χ0) is 16.0. The van der Waals surface area contributed by atoms with Crippen LogP contribution in [0.3, 0.4) is 0 Å². The van der Waals surface area contributed by atoms with Crippen molar-refractivity contribution in [3.63, 3.8) is 0 Å². The minimum atomic E-state index is -0.0984. The van der Waals surface area contributed by atoms with Crippen molar-refractivity contribution in [2.24, 2.45) is 0 Å². The van der Waals surface area contributed by atoms with E-state index in [-0.39, 0.29) is 16.6 Å². The number of aromatic nitrogens is 1. The Kier molecular flexibility index (Phi) is 3.45. The summed E-state index contributed by atoms with van der Waals surface area (Å²) >= 11 is 0. The van der Waals surface area contributed by atoms with E-state index in [0.29, 0.717) is 11.1 Å². The molecule has 1 N–H and O–H groups in total. The van der Waals surface area contributed by atoms with Crippen LogP contribution in [0.4, 0.5) is 0 Å². The Morgan fingerprint density at radius 1 is 1.00 bits per heavy atom. The lowest BCUT2D eigenvalue weighted by molar-refractivity contribution is 0.475. The van der Waals surface area contributed by atoms with E-state index in [9.17, 15) is 10.4 Å². The summed E-state index contributed by atoms with van der Waals surface area (Å²) in [6, 6.07) is 7.43. The highest BCUT2D eigenvalue weighted by atomic mass is 16.3. The normalized spacial score (nSPS) is 12.4. The van der Waals surface area contributed by atoms with Gasteiger partial charge in [-0.15, -0.1) is 0 Å². The first-order valence-corrected chi connectivity index (χ1v) is 7.13. The van der Waals surface area contributed by atoms with E-state index >= 15 is 0 Å². The van der Waals surface area contributed by atoms with Gasteiger partial charge >= 0.3 is 0 Å². The molecule has 0 unspecified atom stereocenters. The second-order valence-electron chi connectivity index (χ2n) is 7.56. The van der Waals surface area contributed by atoms with Crippen LogP contribution in [-0.4, -0.2) is 10.1 Å². The summed E-state index contributed by atoms with van der Waals surface area (Å²) in [6.45, 7) is 12.7. The number of pyridine rings is 1. The molecular weight excluding hydrogens is 260 g/mol. The third-order valence-electron chi connectivity index (χ3n) is 3.60. The summed E-state index contributed by atoms with van der Waals surface area (Å²) in [5.74, 6) is 0.106. The average molecular weight is 282 g/mol. The maximum Gasteiger partial charge on any atom is 0.117 e. The van der Waals surface area contributed by atoms with Crippen LogP contribution < -0.4 is 0 Å².